The lowest BCUT2D eigenvalue weighted by Gasteiger charge is -2.18. The number of benzene rings is 1. The molecule has 16 heavy (non-hydrogen) atoms. The van der Waals surface area contributed by atoms with Gasteiger partial charge < -0.3 is 5.43 Å². The van der Waals surface area contributed by atoms with Gasteiger partial charge in [-0.05, 0) is 44.0 Å². The lowest BCUT2D eigenvalue weighted by molar-refractivity contribution is 0.724. The summed E-state index contributed by atoms with van der Waals surface area (Å²) in [5.74, 6) is 0. The average molecular weight is 214 g/mol. The van der Waals surface area contributed by atoms with Gasteiger partial charge in [-0.1, -0.05) is 23.8 Å². The summed E-state index contributed by atoms with van der Waals surface area (Å²) in [4.78, 5) is 0. The molecule has 0 aliphatic carbocycles. The third kappa shape index (κ3) is 2.27. The quantitative estimate of drug-likeness (QED) is 0.828. The minimum atomic E-state index is 0.313. The minimum absolute atomic E-state index is 0.313. The van der Waals surface area contributed by atoms with Crippen molar-refractivity contribution in [3.63, 3.8) is 0 Å². The van der Waals surface area contributed by atoms with Crippen molar-refractivity contribution in [3.8, 4) is 0 Å². The van der Waals surface area contributed by atoms with Gasteiger partial charge in [-0.2, -0.15) is 0 Å². The van der Waals surface area contributed by atoms with Gasteiger partial charge in [0, 0.05) is 12.4 Å². The normalized spacial score (nSPS) is 12.4. The van der Waals surface area contributed by atoms with Gasteiger partial charge in [-0.15, -0.1) is 0 Å². The van der Waals surface area contributed by atoms with Gasteiger partial charge in [0.2, 0.25) is 0 Å². The molecule has 0 spiro atoms. The number of aryl methyl sites for hydroxylation is 2. The Morgan fingerprint density at radius 2 is 1.81 bits per heavy atom. The van der Waals surface area contributed by atoms with Crippen molar-refractivity contribution in [1.82, 2.24) is 4.68 Å². The highest BCUT2D eigenvalue weighted by molar-refractivity contribution is 5.33. The van der Waals surface area contributed by atoms with E-state index in [1.165, 1.54) is 16.7 Å². The third-order valence-electron chi connectivity index (χ3n) is 2.84. The highest BCUT2D eigenvalue weighted by atomic mass is 15.4. The second-order valence-corrected chi connectivity index (χ2v) is 4.30. The Labute approximate surface area is 96.9 Å². The molecule has 0 fully saturated rings. The summed E-state index contributed by atoms with van der Waals surface area (Å²) in [6, 6.07) is 10.9. The van der Waals surface area contributed by atoms with Crippen LogP contribution in [0.5, 0.6) is 0 Å². The van der Waals surface area contributed by atoms with E-state index in [0.29, 0.717) is 6.04 Å². The minimum Gasteiger partial charge on any atom is -0.319 e. The maximum Gasteiger partial charge on any atom is 0.0647 e. The van der Waals surface area contributed by atoms with Crippen LogP contribution in [0, 0.1) is 13.8 Å². The summed E-state index contributed by atoms with van der Waals surface area (Å²) in [5, 5.41) is 0. The molecule has 2 rings (SSSR count). The predicted molar refractivity (Wildman–Crippen MR) is 68.1 cm³/mol. The second-order valence-electron chi connectivity index (χ2n) is 4.30. The second kappa shape index (κ2) is 4.44. The first kappa shape index (κ1) is 10.8. The van der Waals surface area contributed by atoms with Gasteiger partial charge in [0.15, 0.2) is 0 Å². The predicted octanol–water partition coefficient (Wildman–Crippen LogP) is 3.41. The SMILES string of the molecule is Cc1ccc(C(C)Nn2cccc2)c(C)c1. The van der Waals surface area contributed by atoms with E-state index >= 15 is 0 Å². The first-order valence-corrected chi connectivity index (χ1v) is 5.63. The number of hydrogen-bond donors (Lipinski definition) is 1. The Balaban J connectivity index is 2.17. The fourth-order valence-electron chi connectivity index (χ4n) is 2.03. The van der Waals surface area contributed by atoms with Crippen LogP contribution in [0.1, 0.15) is 29.7 Å². The van der Waals surface area contributed by atoms with Gasteiger partial charge in [0.25, 0.3) is 0 Å². The molecular weight excluding hydrogens is 196 g/mol. The number of nitrogens with one attached hydrogen (secondary N) is 1. The number of hydrogen-bond acceptors (Lipinski definition) is 1. The lowest BCUT2D eigenvalue weighted by Crippen LogP contribution is -2.17. The van der Waals surface area contributed by atoms with Crippen LogP contribution in [0.15, 0.2) is 42.7 Å². The van der Waals surface area contributed by atoms with Gasteiger partial charge in [0.1, 0.15) is 0 Å². The maximum atomic E-state index is 3.42. The molecule has 0 radical (unpaired) electrons. The third-order valence-corrected chi connectivity index (χ3v) is 2.84. The molecule has 1 heterocycles. The molecular formula is C14H18N2. The molecule has 0 saturated carbocycles. The molecule has 1 unspecified atom stereocenters. The zero-order valence-electron chi connectivity index (χ0n) is 10.1. The van der Waals surface area contributed by atoms with Crippen molar-refractivity contribution in [2.45, 2.75) is 26.8 Å². The van der Waals surface area contributed by atoms with Gasteiger partial charge in [-0.25, -0.2) is 0 Å². The topological polar surface area (TPSA) is 17.0 Å². The van der Waals surface area contributed by atoms with Crippen molar-refractivity contribution in [2.24, 2.45) is 0 Å². The van der Waals surface area contributed by atoms with E-state index in [9.17, 15) is 0 Å². The molecule has 2 nitrogen and oxygen atoms in total. The summed E-state index contributed by atoms with van der Waals surface area (Å²) in [6.07, 6.45) is 4.03. The van der Waals surface area contributed by atoms with Gasteiger partial charge in [0.05, 0.1) is 6.04 Å². The fourth-order valence-corrected chi connectivity index (χ4v) is 2.03. The summed E-state index contributed by atoms with van der Waals surface area (Å²) in [6.45, 7) is 6.47. The smallest absolute Gasteiger partial charge is 0.0647 e. The van der Waals surface area contributed by atoms with Crippen molar-refractivity contribution in [1.29, 1.82) is 0 Å². The Kier molecular flexibility index (Phi) is 3.00. The van der Waals surface area contributed by atoms with E-state index in [4.69, 9.17) is 0 Å². The Bertz CT molecular complexity index is 458. The molecule has 2 aromatic rings. The van der Waals surface area contributed by atoms with E-state index in [0.717, 1.165) is 0 Å². The van der Waals surface area contributed by atoms with Crippen LogP contribution in [0.25, 0.3) is 0 Å². The Hall–Kier alpha value is -1.70. The summed E-state index contributed by atoms with van der Waals surface area (Å²) in [5.41, 5.74) is 7.42. The highest BCUT2D eigenvalue weighted by Gasteiger charge is 2.07. The summed E-state index contributed by atoms with van der Waals surface area (Å²) >= 11 is 0. The van der Waals surface area contributed by atoms with Crippen molar-refractivity contribution < 1.29 is 0 Å². The summed E-state index contributed by atoms with van der Waals surface area (Å²) < 4.78 is 1.99. The maximum absolute atomic E-state index is 3.42. The molecule has 1 N–H and O–H groups in total. The molecule has 0 aliphatic rings. The van der Waals surface area contributed by atoms with E-state index in [2.05, 4.69) is 44.4 Å². The van der Waals surface area contributed by atoms with Crippen molar-refractivity contribution in [2.75, 3.05) is 5.43 Å². The summed E-state index contributed by atoms with van der Waals surface area (Å²) in [7, 11) is 0. The monoisotopic (exact) mass is 214 g/mol. The van der Waals surface area contributed by atoms with E-state index in [-0.39, 0.29) is 0 Å². The average Bonchev–Trinajstić information content (AvgIpc) is 2.70. The van der Waals surface area contributed by atoms with Crippen LogP contribution in [0.2, 0.25) is 0 Å². The van der Waals surface area contributed by atoms with Crippen LogP contribution in [-0.4, -0.2) is 4.68 Å². The van der Waals surface area contributed by atoms with E-state index in [1.54, 1.807) is 0 Å². The Morgan fingerprint density at radius 3 is 2.44 bits per heavy atom. The number of nitrogens with zero attached hydrogens (tertiary/aromatic N) is 1. The molecule has 1 atom stereocenters. The highest BCUT2D eigenvalue weighted by Crippen LogP contribution is 2.19. The molecule has 0 amide bonds. The molecule has 0 bridgehead atoms. The van der Waals surface area contributed by atoms with E-state index in [1.807, 2.05) is 29.2 Å². The molecule has 1 aromatic carbocycles. The van der Waals surface area contributed by atoms with Gasteiger partial charge in [-0.3, -0.25) is 4.68 Å². The van der Waals surface area contributed by atoms with Crippen LogP contribution < -0.4 is 5.43 Å². The van der Waals surface area contributed by atoms with Crippen LogP contribution in [-0.2, 0) is 0 Å². The standard InChI is InChI=1S/C14H18N2/c1-11-6-7-14(12(2)10-11)13(3)15-16-8-4-5-9-16/h4-10,13,15H,1-3H3. The number of rotatable bonds is 3. The van der Waals surface area contributed by atoms with Crippen molar-refractivity contribution >= 4 is 0 Å². The molecule has 2 heteroatoms. The Morgan fingerprint density at radius 1 is 1.12 bits per heavy atom. The zero-order valence-corrected chi connectivity index (χ0v) is 10.1. The van der Waals surface area contributed by atoms with Crippen LogP contribution in [0.4, 0.5) is 0 Å². The van der Waals surface area contributed by atoms with E-state index < -0.39 is 0 Å². The largest absolute Gasteiger partial charge is 0.319 e. The number of aromatic nitrogens is 1. The van der Waals surface area contributed by atoms with Crippen LogP contribution in [0.3, 0.4) is 0 Å². The van der Waals surface area contributed by atoms with Crippen molar-refractivity contribution in [3.05, 3.63) is 59.4 Å². The van der Waals surface area contributed by atoms with Crippen LogP contribution >= 0.6 is 0 Å². The first-order valence-electron chi connectivity index (χ1n) is 5.63. The van der Waals surface area contributed by atoms with Gasteiger partial charge >= 0.3 is 0 Å². The molecule has 84 valence electrons. The lowest BCUT2D eigenvalue weighted by atomic mass is 10.0. The molecule has 0 aliphatic heterocycles. The molecule has 1 aromatic heterocycles. The molecule has 0 saturated heterocycles. The first-order chi connectivity index (χ1) is 7.66. The fraction of sp³-hybridized carbons (Fsp3) is 0.286. The zero-order chi connectivity index (χ0) is 11.5.